The van der Waals surface area contributed by atoms with Crippen LogP contribution in [0.15, 0.2) is 23.6 Å². The van der Waals surface area contributed by atoms with E-state index in [1.165, 1.54) is 11.3 Å². The molecule has 0 unspecified atom stereocenters. The second-order valence-corrected chi connectivity index (χ2v) is 8.42. The van der Waals surface area contributed by atoms with Crippen LogP contribution in [0.5, 0.6) is 0 Å². The molecule has 4 atom stereocenters. The molecule has 4 rings (SSSR count). The maximum absolute atomic E-state index is 12.3. The van der Waals surface area contributed by atoms with Crippen LogP contribution in [-0.2, 0) is 4.74 Å². The standard InChI is InChI=1S/C18H23ClN2O2S/c1-2-3-7-21-10-13-12(15-4-6-18(13,11-21)23-15)9-20-17(22)16-14(19)5-8-24-16/h2-3,5,8,12-13,15H,4,6-7,9-11H2,1H3,(H,20,22)/t12-,13+,15+,18+/m0/s1. The maximum Gasteiger partial charge on any atom is 0.262 e. The number of hydrogen-bond donors (Lipinski definition) is 1. The fourth-order valence-corrected chi connectivity index (χ4v) is 5.76. The van der Waals surface area contributed by atoms with Gasteiger partial charge in [0.05, 0.1) is 16.7 Å². The highest BCUT2D eigenvalue weighted by molar-refractivity contribution is 7.12. The van der Waals surface area contributed by atoms with E-state index in [0.717, 1.165) is 32.5 Å². The van der Waals surface area contributed by atoms with Gasteiger partial charge in [-0.25, -0.2) is 0 Å². The van der Waals surface area contributed by atoms with Crippen LogP contribution in [0.4, 0.5) is 0 Å². The van der Waals surface area contributed by atoms with Crippen molar-refractivity contribution >= 4 is 28.8 Å². The van der Waals surface area contributed by atoms with Crippen molar-refractivity contribution in [3.8, 4) is 0 Å². The van der Waals surface area contributed by atoms with Crippen LogP contribution in [0.25, 0.3) is 0 Å². The normalized spacial score (nSPS) is 35.0. The Morgan fingerprint density at radius 2 is 2.50 bits per heavy atom. The van der Waals surface area contributed by atoms with Gasteiger partial charge >= 0.3 is 0 Å². The molecule has 24 heavy (non-hydrogen) atoms. The monoisotopic (exact) mass is 366 g/mol. The van der Waals surface area contributed by atoms with Crippen molar-refractivity contribution in [2.75, 3.05) is 26.2 Å². The number of rotatable bonds is 5. The summed E-state index contributed by atoms with van der Waals surface area (Å²) in [4.78, 5) is 15.4. The molecule has 3 aliphatic rings. The zero-order valence-corrected chi connectivity index (χ0v) is 15.4. The quantitative estimate of drug-likeness (QED) is 0.814. The number of amides is 1. The molecular formula is C18H23ClN2O2S. The zero-order chi connectivity index (χ0) is 16.7. The largest absolute Gasteiger partial charge is 0.370 e. The molecule has 1 amide bonds. The number of carbonyl (C=O) groups excluding carboxylic acids is 1. The lowest BCUT2D eigenvalue weighted by Crippen LogP contribution is -2.41. The number of allylic oxidation sites excluding steroid dienone is 1. The summed E-state index contributed by atoms with van der Waals surface area (Å²) in [5.41, 5.74) is 0.0300. The summed E-state index contributed by atoms with van der Waals surface area (Å²) in [6, 6.07) is 1.77. The number of nitrogens with zero attached hydrogens (tertiary/aromatic N) is 1. The van der Waals surface area contributed by atoms with Gasteiger partial charge in [0.25, 0.3) is 5.91 Å². The first kappa shape index (κ1) is 16.6. The first-order chi connectivity index (χ1) is 11.6. The molecule has 3 aliphatic heterocycles. The Morgan fingerprint density at radius 3 is 3.25 bits per heavy atom. The molecule has 1 aromatic rings. The van der Waals surface area contributed by atoms with Gasteiger partial charge in [0.15, 0.2) is 0 Å². The summed E-state index contributed by atoms with van der Waals surface area (Å²) in [7, 11) is 0. The van der Waals surface area contributed by atoms with E-state index in [2.05, 4.69) is 29.3 Å². The van der Waals surface area contributed by atoms with Gasteiger partial charge in [0, 0.05) is 38.0 Å². The lowest BCUT2D eigenvalue weighted by atomic mass is 9.73. The van der Waals surface area contributed by atoms with E-state index in [1.807, 2.05) is 5.38 Å². The predicted octanol–water partition coefficient (Wildman–Crippen LogP) is 3.19. The average Bonchev–Trinajstić information content (AvgIpc) is 3.30. The lowest BCUT2D eigenvalue weighted by molar-refractivity contribution is 0.00365. The predicted molar refractivity (Wildman–Crippen MR) is 96.7 cm³/mol. The highest BCUT2D eigenvalue weighted by Gasteiger charge is 2.62. The van der Waals surface area contributed by atoms with Gasteiger partial charge in [-0.05, 0) is 31.2 Å². The third-order valence-corrected chi connectivity index (χ3v) is 7.12. The Kier molecular flexibility index (Phi) is 4.45. The Bertz CT molecular complexity index is 661. The van der Waals surface area contributed by atoms with Crippen LogP contribution in [0.2, 0.25) is 5.02 Å². The van der Waals surface area contributed by atoms with E-state index < -0.39 is 0 Å². The second kappa shape index (κ2) is 6.45. The number of nitrogens with one attached hydrogen (secondary N) is 1. The zero-order valence-electron chi connectivity index (χ0n) is 13.8. The van der Waals surface area contributed by atoms with E-state index in [0.29, 0.717) is 34.4 Å². The molecule has 0 saturated carbocycles. The molecule has 2 bridgehead atoms. The van der Waals surface area contributed by atoms with Crippen molar-refractivity contribution in [1.29, 1.82) is 0 Å². The number of thiophene rings is 1. The summed E-state index contributed by atoms with van der Waals surface area (Å²) < 4.78 is 6.41. The van der Waals surface area contributed by atoms with Crippen molar-refractivity contribution in [2.45, 2.75) is 31.5 Å². The van der Waals surface area contributed by atoms with Crippen molar-refractivity contribution in [3.63, 3.8) is 0 Å². The van der Waals surface area contributed by atoms with Crippen LogP contribution in [0.3, 0.4) is 0 Å². The van der Waals surface area contributed by atoms with Gasteiger partial charge in [-0.1, -0.05) is 23.8 Å². The topological polar surface area (TPSA) is 41.6 Å². The molecule has 130 valence electrons. The lowest BCUT2D eigenvalue weighted by Gasteiger charge is -2.29. The molecule has 1 spiro atoms. The van der Waals surface area contributed by atoms with Gasteiger partial charge in [-0.3, -0.25) is 9.69 Å². The minimum atomic E-state index is -0.0596. The number of halogens is 1. The first-order valence-corrected chi connectivity index (χ1v) is 9.91. The van der Waals surface area contributed by atoms with Gasteiger partial charge in [-0.2, -0.15) is 0 Å². The van der Waals surface area contributed by atoms with E-state index in [-0.39, 0.29) is 11.5 Å². The minimum absolute atomic E-state index is 0.0300. The number of likely N-dealkylation sites (tertiary alicyclic amines) is 1. The average molecular weight is 367 g/mol. The number of ether oxygens (including phenoxy) is 1. The maximum atomic E-state index is 12.3. The molecule has 4 heterocycles. The van der Waals surface area contributed by atoms with Gasteiger partial charge < -0.3 is 10.1 Å². The molecule has 1 aromatic heterocycles. The molecule has 1 N–H and O–H groups in total. The third kappa shape index (κ3) is 2.71. The minimum Gasteiger partial charge on any atom is -0.370 e. The van der Waals surface area contributed by atoms with Crippen LogP contribution < -0.4 is 5.32 Å². The van der Waals surface area contributed by atoms with E-state index in [4.69, 9.17) is 16.3 Å². The van der Waals surface area contributed by atoms with Gasteiger partial charge in [0.1, 0.15) is 4.88 Å². The molecule has 0 aromatic carbocycles. The SMILES string of the molecule is CC=CCN1C[C@@H]2[C@H](CNC(=O)c3sccc3Cl)[C@H]3CC[C@]2(C1)O3. The van der Waals surface area contributed by atoms with Gasteiger partial charge in [-0.15, -0.1) is 11.3 Å². The Balaban J connectivity index is 1.41. The summed E-state index contributed by atoms with van der Waals surface area (Å²) in [5, 5.41) is 5.48. The molecular weight excluding hydrogens is 344 g/mol. The van der Waals surface area contributed by atoms with E-state index >= 15 is 0 Å². The summed E-state index contributed by atoms with van der Waals surface area (Å²) in [6.45, 7) is 5.83. The first-order valence-electron chi connectivity index (χ1n) is 8.65. The van der Waals surface area contributed by atoms with Crippen LogP contribution in [0.1, 0.15) is 29.4 Å². The number of hydrogen-bond acceptors (Lipinski definition) is 4. The van der Waals surface area contributed by atoms with E-state index in [1.54, 1.807) is 6.07 Å². The van der Waals surface area contributed by atoms with Crippen molar-refractivity contribution in [3.05, 3.63) is 33.5 Å². The number of fused-ring (bicyclic) bond motifs is 1. The van der Waals surface area contributed by atoms with Crippen molar-refractivity contribution in [2.24, 2.45) is 11.8 Å². The smallest absolute Gasteiger partial charge is 0.262 e. The second-order valence-electron chi connectivity index (χ2n) is 7.10. The summed E-state index contributed by atoms with van der Waals surface area (Å²) in [6.07, 6.45) is 6.90. The molecule has 4 nitrogen and oxygen atoms in total. The Morgan fingerprint density at radius 1 is 1.62 bits per heavy atom. The highest BCUT2D eigenvalue weighted by Crippen LogP contribution is 2.54. The van der Waals surface area contributed by atoms with Crippen LogP contribution in [0, 0.1) is 11.8 Å². The molecule has 0 aliphatic carbocycles. The molecule has 3 saturated heterocycles. The molecule has 0 radical (unpaired) electrons. The molecule has 3 fully saturated rings. The molecule has 6 heteroatoms. The highest BCUT2D eigenvalue weighted by atomic mass is 35.5. The number of carbonyl (C=O) groups is 1. The summed E-state index contributed by atoms with van der Waals surface area (Å²) >= 11 is 7.45. The Labute approximate surface area is 151 Å². The van der Waals surface area contributed by atoms with Crippen LogP contribution in [-0.4, -0.2) is 48.7 Å². The fraction of sp³-hybridized carbons (Fsp3) is 0.611. The fourth-order valence-electron chi connectivity index (χ4n) is 4.70. The van der Waals surface area contributed by atoms with Crippen LogP contribution >= 0.6 is 22.9 Å². The third-order valence-electron chi connectivity index (χ3n) is 5.78. The van der Waals surface area contributed by atoms with Crippen molar-refractivity contribution in [1.82, 2.24) is 10.2 Å². The van der Waals surface area contributed by atoms with Gasteiger partial charge in [0.2, 0.25) is 0 Å². The van der Waals surface area contributed by atoms with Crippen molar-refractivity contribution < 1.29 is 9.53 Å². The summed E-state index contributed by atoms with van der Waals surface area (Å²) in [5.74, 6) is 0.883. The van der Waals surface area contributed by atoms with E-state index in [9.17, 15) is 4.79 Å². The Hall–Kier alpha value is -0.880.